The molecule has 0 radical (unpaired) electrons. The SMILES string of the molecule is COC(OC(=O)C(C)C12NC1N2)C1CCCC1. The van der Waals surface area contributed by atoms with Crippen LogP contribution in [-0.2, 0) is 14.3 Å². The number of hydrogen-bond donors (Lipinski definition) is 2. The van der Waals surface area contributed by atoms with Gasteiger partial charge in [0.1, 0.15) is 5.66 Å². The topological polar surface area (TPSA) is 79.4 Å². The lowest BCUT2D eigenvalue weighted by molar-refractivity contribution is -0.188. The average Bonchev–Trinajstić information content (AvgIpc) is 3.10. The summed E-state index contributed by atoms with van der Waals surface area (Å²) in [6.45, 7) is 1.90. The first-order valence-electron chi connectivity index (χ1n) is 6.46. The van der Waals surface area contributed by atoms with E-state index in [1.165, 1.54) is 12.8 Å². The molecular weight excluding hydrogens is 220 g/mol. The second-order valence-corrected chi connectivity index (χ2v) is 5.40. The third-order valence-electron chi connectivity index (χ3n) is 4.34. The van der Waals surface area contributed by atoms with Crippen molar-refractivity contribution in [2.45, 2.75) is 50.7 Å². The number of ether oxygens (including phenoxy) is 2. The van der Waals surface area contributed by atoms with Gasteiger partial charge in [-0.25, -0.2) is 0 Å². The molecule has 5 nitrogen and oxygen atoms in total. The fourth-order valence-electron chi connectivity index (χ4n) is 2.86. The van der Waals surface area contributed by atoms with Crippen LogP contribution in [0.2, 0.25) is 0 Å². The molecule has 2 saturated heterocycles. The molecule has 17 heavy (non-hydrogen) atoms. The van der Waals surface area contributed by atoms with Gasteiger partial charge in [0.25, 0.3) is 0 Å². The van der Waals surface area contributed by atoms with Crippen LogP contribution in [0.1, 0.15) is 32.6 Å². The molecule has 3 aliphatic rings. The van der Waals surface area contributed by atoms with Gasteiger partial charge in [0.2, 0.25) is 6.29 Å². The molecule has 0 aromatic heterocycles. The van der Waals surface area contributed by atoms with Gasteiger partial charge in [-0.15, -0.1) is 0 Å². The molecule has 5 heteroatoms. The minimum absolute atomic E-state index is 0.147. The number of rotatable bonds is 5. The Balaban J connectivity index is 1.54. The molecule has 3 rings (SSSR count). The molecule has 1 saturated carbocycles. The molecular formula is C12H20N2O3. The zero-order valence-electron chi connectivity index (χ0n) is 10.4. The van der Waals surface area contributed by atoms with E-state index < -0.39 is 0 Å². The number of carbonyl (C=O) groups excluding carboxylic acids is 1. The highest BCUT2D eigenvalue weighted by Crippen LogP contribution is 2.44. The van der Waals surface area contributed by atoms with Crippen molar-refractivity contribution in [1.82, 2.24) is 10.6 Å². The minimum Gasteiger partial charge on any atom is -0.435 e. The summed E-state index contributed by atoms with van der Waals surface area (Å²) in [5.41, 5.74) is -0.148. The third kappa shape index (κ3) is 1.86. The molecule has 2 aliphatic heterocycles. The number of esters is 1. The van der Waals surface area contributed by atoms with E-state index in [9.17, 15) is 4.79 Å². The molecule has 0 spiro atoms. The van der Waals surface area contributed by atoms with E-state index in [2.05, 4.69) is 10.6 Å². The maximum absolute atomic E-state index is 12.0. The Morgan fingerprint density at radius 1 is 1.35 bits per heavy atom. The van der Waals surface area contributed by atoms with E-state index in [0.717, 1.165) is 12.8 Å². The van der Waals surface area contributed by atoms with Crippen LogP contribution in [0.25, 0.3) is 0 Å². The van der Waals surface area contributed by atoms with Gasteiger partial charge in [0.05, 0.1) is 12.1 Å². The second kappa shape index (κ2) is 3.93. The first-order valence-corrected chi connectivity index (χ1v) is 6.46. The molecule has 1 aliphatic carbocycles. The Morgan fingerprint density at radius 2 is 1.94 bits per heavy atom. The largest absolute Gasteiger partial charge is 0.435 e. The third-order valence-corrected chi connectivity index (χ3v) is 4.34. The van der Waals surface area contributed by atoms with Crippen molar-refractivity contribution < 1.29 is 14.3 Å². The van der Waals surface area contributed by atoms with Gasteiger partial charge in [-0.3, -0.25) is 15.4 Å². The monoisotopic (exact) mass is 240 g/mol. The Morgan fingerprint density at radius 3 is 2.41 bits per heavy atom. The smallest absolute Gasteiger partial charge is 0.314 e. The molecule has 0 amide bonds. The van der Waals surface area contributed by atoms with Gasteiger partial charge in [0, 0.05) is 13.0 Å². The molecule has 0 aromatic rings. The minimum atomic E-state index is -0.361. The zero-order chi connectivity index (χ0) is 12.0. The molecule has 3 fully saturated rings. The van der Waals surface area contributed by atoms with Crippen molar-refractivity contribution in [3.8, 4) is 0 Å². The van der Waals surface area contributed by atoms with E-state index >= 15 is 0 Å². The van der Waals surface area contributed by atoms with Gasteiger partial charge >= 0.3 is 5.97 Å². The summed E-state index contributed by atoms with van der Waals surface area (Å²) < 4.78 is 10.8. The van der Waals surface area contributed by atoms with Crippen LogP contribution >= 0.6 is 0 Å². The molecule has 0 bridgehead atoms. The van der Waals surface area contributed by atoms with E-state index in [-0.39, 0.29) is 23.8 Å². The summed E-state index contributed by atoms with van der Waals surface area (Å²) in [6, 6.07) is 0. The first-order chi connectivity index (χ1) is 8.17. The molecule has 2 N–H and O–H groups in total. The summed E-state index contributed by atoms with van der Waals surface area (Å²) in [5, 5.41) is 6.39. The number of carbonyl (C=O) groups is 1. The Bertz CT molecular complexity index is 322. The molecule has 96 valence electrons. The first kappa shape index (κ1) is 11.4. The summed E-state index contributed by atoms with van der Waals surface area (Å²) in [5.74, 6) is 0.0686. The van der Waals surface area contributed by atoms with E-state index in [4.69, 9.17) is 9.47 Å². The lowest BCUT2D eigenvalue weighted by atomic mass is 10.1. The van der Waals surface area contributed by atoms with Crippen molar-refractivity contribution in [3.05, 3.63) is 0 Å². The average molecular weight is 240 g/mol. The highest BCUT2D eigenvalue weighted by Gasteiger charge is 2.74. The van der Waals surface area contributed by atoms with E-state index in [1.54, 1.807) is 7.11 Å². The second-order valence-electron chi connectivity index (χ2n) is 5.40. The maximum atomic E-state index is 12.0. The normalized spacial score (nSPS) is 38.4. The Hall–Kier alpha value is -0.650. The fraction of sp³-hybridized carbons (Fsp3) is 0.917. The van der Waals surface area contributed by atoms with Crippen molar-refractivity contribution in [2.24, 2.45) is 11.8 Å². The van der Waals surface area contributed by atoms with Gasteiger partial charge < -0.3 is 9.47 Å². The van der Waals surface area contributed by atoms with Crippen molar-refractivity contribution in [1.29, 1.82) is 0 Å². The van der Waals surface area contributed by atoms with Crippen molar-refractivity contribution >= 4 is 5.97 Å². The fourth-order valence-corrected chi connectivity index (χ4v) is 2.86. The van der Waals surface area contributed by atoms with Gasteiger partial charge in [-0.1, -0.05) is 12.8 Å². The summed E-state index contributed by atoms with van der Waals surface area (Å²) in [4.78, 5) is 12.0. The van der Waals surface area contributed by atoms with Crippen LogP contribution in [0.15, 0.2) is 0 Å². The summed E-state index contributed by atoms with van der Waals surface area (Å²) in [6.07, 6.45) is 4.60. The van der Waals surface area contributed by atoms with Gasteiger partial charge in [-0.2, -0.15) is 0 Å². The summed E-state index contributed by atoms with van der Waals surface area (Å²) >= 11 is 0. The Labute approximate surface area is 101 Å². The number of hydrogen-bond acceptors (Lipinski definition) is 5. The molecule has 2 atom stereocenters. The highest BCUT2D eigenvalue weighted by atomic mass is 16.7. The maximum Gasteiger partial charge on any atom is 0.314 e. The van der Waals surface area contributed by atoms with E-state index in [1.807, 2.05) is 6.92 Å². The number of fused-ring (bicyclic) bond motifs is 1. The van der Waals surface area contributed by atoms with Crippen LogP contribution in [-0.4, -0.2) is 31.2 Å². The Kier molecular flexibility index (Phi) is 2.65. The van der Waals surface area contributed by atoms with Crippen molar-refractivity contribution in [2.75, 3.05) is 7.11 Å². The predicted molar refractivity (Wildman–Crippen MR) is 60.8 cm³/mol. The van der Waals surface area contributed by atoms with Crippen molar-refractivity contribution in [3.63, 3.8) is 0 Å². The predicted octanol–water partition coefficient (Wildman–Crippen LogP) is 0.557. The standard InChI is InChI=1S/C12H20N2O3/c1-7(12-11(13-12)14-12)9(15)17-10(16-2)8-5-3-4-6-8/h7-8,10-11,13-14H,3-6H2,1-2H3. The number of methoxy groups -OCH3 is 1. The van der Waals surface area contributed by atoms with Crippen LogP contribution in [0.4, 0.5) is 0 Å². The van der Waals surface area contributed by atoms with Crippen LogP contribution in [0.5, 0.6) is 0 Å². The quantitative estimate of drug-likeness (QED) is 0.417. The van der Waals surface area contributed by atoms with Gasteiger partial charge in [-0.05, 0) is 19.8 Å². The van der Waals surface area contributed by atoms with Crippen LogP contribution in [0.3, 0.4) is 0 Å². The lowest BCUT2D eigenvalue weighted by Gasteiger charge is -2.24. The zero-order valence-corrected chi connectivity index (χ0v) is 10.4. The molecule has 0 aromatic carbocycles. The molecule has 2 unspecified atom stereocenters. The lowest BCUT2D eigenvalue weighted by Crippen LogP contribution is -2.38. The highest BCUT2D eigenvalue weighted by molar-refractivity contribution is 5.76. The van der Waals surface area contributed by atoms with Crippen LogP contribution < -0.4 is 10.6 Å². The summed E-state index contributed by atoms with van der Waals surface area (Å²) in [7, 11) is 1.62. The van der Waals surface area contributed by atoms with Gasteiger partial charge in [0.15, 0.2) is 0 Å². The number of nitrogens with one attached hydrogen (secondary N) is 2. The van der Waals surface area contributed by atoms with Crippen LogP contribution in [0, 0.1) is 11.8 Å². The van der Waals surface area contributed by atoms with E-state index in [0.29, 0.717) is 12.1 Å². The molecule has 2 heterocycles.